The summed E-state index contributed by atoms with van der Waals surface area (Å²) in [4.78, 5) is 0. The van der Waals surface area contributed by atoms with Gasteiger partial charge < -0.3 is 15.2 Å². The largest absolute Gasteiger partial charge is 0.490 e. The topological polar surface area (TPSA) is 44.5 Å². The Balaban J connectivity index is 1.66. The van der Waals surface area contributed by atoms with Gasteiger partial charge in [0, 0.05) is 12.5 Å². The van der Waals surface area contributed by atoms with Gasteiger partial charge in [-0.05, 0) is 30.0 Å². The van der Waals surface area contributed by atoms with Crippen LogP contribution in [0.15, 0.2) is 18.2 Å². The minimum atomic E-state index is 0.116. The van der Waals surface area contributed by atoms with Crippen LogP contribution in [0.1, 0.15) is 63.0 Å². The van der Waals surface area contributed by atoms with Crippen LogP contribution < -0.4 is 15.2 Å². The predicted molar refractivity (Wildman–Crippen MR) is 84.8 cm³/mol. The Morgan fingerprint density at radius 1 is 0.952 bits per heavy atom. The fraction of sp³-hybridized carbons (Fsp3) is 0.667. The molecule has 116 valence electrons. The zero-order chi connectivity index (χ0) is 14.5. The summed E-state index contributed by atoms with van der Waals surface area (Å²) >= 11 is 0. The van der Waals surface area contributed by atoms with Gasteiger partial charge in [-0.1, -0.05) is 44.6 Å². The third kappa shape index (κ3) is 3.91. The first-order chi connectivity index (χ1) is 10.3. The molecule has 0 radical (unpaired) electrons. The van der Waals surface area contributed by atoms with E-state index >= 15 is 0 Å². The van der Waals surface area contributed by atoms with Crippen LogP contribution in [0.2, 0.25) is 0 Å². The highest BCUT2D eigenvalue weighted by atomic mass is 16.5. The molecule has 0 aromatic heterocycles. The first-order valence-corrected chi connectivity index (χ1v) is 8.48. The molecule has 3 rings (SSSR count). The molecule has 21 heavy (non-hydrogen) atoms. The van der Waals surface area contributed by atoms with Crippen LogP contribution in [-0.4, -0.2) is 13.2 Å². The maximum Gasteiger partial charge on any atom is 0.161 e. The normalized spacial score (nSPS) is 21.4. The third-order valence-electron chi connectivity index (χ3n) is 4.76. The van der Waals surface area contributed by atoms with Crippen LogP contribution in [0.3, 0.4) is 0 Å². The van der Waals surface area contributed by atoms with E-state index < -0.39 is 0 Å². The molecule has 1 aromatic rings. The summed E-state index contributed by atoms with van der Waals surface area (Å²) in [5.41, 5.74) is 7.64. The molecule has 1 atom stereocenters. The van der Waals surface area contributed by atoms with Crippen molar-refractivity contribution < 1.29 is 9.47 Å². The molecule has 3 nitrogen and oxygen atoms in total. The summed E-state index contributed by atoms with van der Waals surface area (Å²) in [7, 11) is 0. The van der Waals surface area contributed by atoms with E-state index in [9.17, 15) is 0 Å². The summed E-state index contributed by atoms with van der Waals surface area (Å²) in [5, 5.41) is 0. The van der Waals surface area contributed by atoms with Gasteiger partial charge in [-0.3, -0.25) is 0 Å². The molecule has 1 saturated carbocycles. The Kier molecular flexibility index (Phi) is 5.02. The maximum absolute atomic E-state index is 6.45. The van der Waals surface area contributed by atoms with Gasteiger partial charge in [-0.2, -0.15) is 0 Å². The number of hydrogen-bond acceptors (Lipinski definition) is 3. The van der Waals surface area contributed by atoms with E-state index in [0.29, 0.717) is 0 Å². The monoisotopic (exact) mass is 289 g/mol. The standard InChI is InChI=1S/C18H27NO2/c19-16(12-14-6-3-1-2-4-7-14)15-8-9-17-18(13-15)21-11-5-10-20-17/h8-9,13-14,16H,1-7,10-12,19H2. The lowest BCUT2D eigenvalue weighted by atomic mass is 9.90. The first kappa shape index (κ1) is 14.7. The van der Waals surface area contributed by atoms with E-state index in [4.69, 9.17) is 15.2 Å². The van der Waals surface area contributed by atoms with Crippen LogP contribution in [-0.2, 0) is 0 Å². The van der Waals surface area contributed by atoms with Crippen LogP contribution >= 0.6 is 0 Å². The van der Waals surface area contributed by atoms with E-state index in [1.807, 2.05) is 6.07 Å². The Labute approximate surface area is 127 Å². The smallest absolute Gasteiger partial charge is 0.161 e. The van der Waals surface area contributed by atoms with Gasteiger partial charge in [-0.25, -0.2) is 0 Å². The third-order valence-corrected chi connectivity index (χ3v) is 4.76. The lowest BCUT2D eigenvalue weighted by molar-refractivity contribution is 0.297. The van der Waals surface area contributed by atoms with Crippen molar-refractivity contribution in [2.45, 2.75) is 57.4 Å². The molecule has 0 amide bonds. The molecule has 1 fully saturated rings. The minimum Gasteiger partial charge on any atom is -0.490 e. The Morgan fingerprint density at radius 3 is 2.43 bits per heavy atom. The summed E-state index contributed by atoms with van der Waals surface area (Å²) in [5.74, 6) is 2.51. The summed E-state index contributed by atoms with van der Waals surface area (Å²) in [6.07, 6.45) is 10.3. The van der Waals surface area contributed by atoms with Crippen molar-refractivity contribution in [1.82, 2.24) is 0 Å². The number of fused-ring (bicyclic) bond motifs is 1. The zero-order valence-electron chi connectivity index (χ0n) is 12.9. The summed E-state index contributed by atoms with van der Waals surface area (Å²) < 4.78 is 11.5. The Hall–Kier alpha value is -1.22. The van der Waals surface area contributed by atoms with Crippen molar-refractivity contribution in [3.8, 4) is 11.5 Å². The fourth-order valence-corrected chi connectivity index (χ4v) is 3.51. The predicted octanol–water partition coefficient (Wildman–Crippen LogP) is 4.21. The lowest BCUT2D eigenvalue weighted by Gasteiger charge is -2.20. The zero-order valence-corrected chi connectivity index (χ0v) is 12.9. The molecular formula is C18H27NO2. The molecule has 1 aromatic carbocycles. The van der Waals surface area contributed by atoms with Crippen molar-refractivity contribution >= 4 is 0 Å². The van der Waals surface area contributed by atoms with Crippen LogP contribution in [0, 0.1) is 5.92 Å². The number of ether oxygens (including phenoxy) is 2. The van der Waals surface area contributed by atoms with Crippen LogP contribution in [0.5, 0.6) is 11.5 Å². The Bertz CT molecular complexity index is 453. The molecule has 0 spiro atoms. The Morgan fingerprint density at radius 2 is 1.67 bits per heavy atom. The second-order valence-electron chi connectivity index (χ2n) is 6.46. The average molecular weight is 289 g/mol. The van der Waals surface area contributed by atoms with Gasteiger partial charge in [0.2, 0.25) is 0 Å². The number of hydrogen-bond donors (Lipinski definition) is 1. The number of nitrogens with two attached hydrogens (primary N) is 1. The second-order valence-corrected chi connectivity index (χ2v) is 6.46. The highest BCUT2D eigenvalue weighted by Crippen LogP contribution is 2.35. The van der Waals surface area contributed by atoms with Crippen LogP contribution in [0.25, 0.3) is 0 Å². The van der Waals surface area contributed by atoms with Gasteiger partial charge in [0.15, 0.2) is 11.5 Å². The van der Waals surface area contributed by atoms with Gasteiger partial charge >= 0.3 is 0 Å². The SMILES string of the molecule is NC(CC1CCCCCC1)c1ccc2c(c1)OCCCO2. The van der Waals surface area contributed by atoms with Crippen molar-refractivity contribution in [1.29, 1.82) is 0 Å². The van der Waals surface area contributed by atoms with Crippen molar-refractivity contribution in [3.05, 3.63) is 23.8 Å². The van der Waals surface area contributed by atoms with Gasteiger partial charge in [-0.15, -0.1) is 0 Å². The molecular weight excluding hydrogens is 262 g/mol. The lowest BCUT2D eigenvalue weighted by Crippen LogP contribution is -2.15. The number of benzene rings is 1. The maximum atomic E-state index is 6.45. The highest BCUT2D eigenvalue weighted by Gasteiger charge is 2.19. The molecule has 0 saturated heterocycles. The molecule has 2 N–H and O–H groups in total. The van der Waals surface area contributed by atoms with E-state index in [0.717, 1.165) is 43.5 Å². The van der Waals surface area contributed by atoms with E-state index in [-0.39, 0.29) is 6.04 Å². The molecule has 1 aliphatic carbocycles. The van der Waals surface area contributed by atoms with Crippen LogP contribution in [0.4, 0.5) is 0 Å². The highest BCUT2D eigenvalue weighted by molar-refractivity contribution is 5.44. The van der Waals surface area contributed by atoms with Crippen molar-refractivity contribution in [2.24, 2.45) is 11.7 Å². The summed E-state index contributed by atoms with van der Waals surface area (Å²) in [6, 6.07) is 6.32. The van der Waals surface area contributed by atoms with Crippen molar-refractivity contribution in [3.63, 3.8) is 0 Å². The molecule has 1 aliphatic heterocycles. The minimum absolute atomic E-state index is 0.116. The molecule has 0 bridgehead atoms. The average Bonchev–Trinajstić information content (AvgIpc) is 2.88. The molecule has 3 heteroatoms. The van der Waals surface area contributed by atoms with E-state index in [1.54, 1.807) is 0 Å². The molecule has 2 aliphatic rings. The quantitative estimate of drug-likeness (QED) is 0.848. The van der Waals surface area contributed by atoms with Gasteiger partial charge in [0.1, 0.15) is 0 Å². The van der Waals surface area contributed by atoms with E-state index in [2.05, 4.69) is 12.1 Å². The van der Waals surface area contributed by atoms with E-state index in [1.165, 1.54) is 44.1 Å². The molecule has 1 heterocycles. The fourth-order valence-electron chi connectivity index (χ4n) is 3.51. The second kappa shape index (κ2) is 7.17. The van der Waals surface area contributed by atoms with Crippen molar-refractivity contribution in [2.75, 3.05) is 13.2 Å². The van der Waals surface area contributed by atoms with Gasteiger partial charge in [0.25, 0.3) is 0 Å². The molecule has 1 unspecified atom stereocenters. The summed E-state index contributed by atoms with van der Waals surface area (Å²) in [6.45, 7) is 1.47. The van der Waals surface area contributed by atoms with Gasteiger partial charge in [0.05, 0.1) is 13.2 Å². The first-order valence-electron chi connectivity index (χ1n) is 8.48. The number of rotatable bonds is 3.